The minimum Gasteiger partial charge on any atom is -0.488 e. The summed E-state index contributed by atoms with van der Waals surface area (Å²) >= 11 is 0. The van der Waals surface area contributed by atoms with Crippen molar-refractivity contribution < 1.29 is 9.84 Å². The van der Waals surface area contributed by atoms with Crippen molar-refractivity contribution in [2.45, 2.75) is 44.6 Å². The van der Waals surface area contributed by atoms with Gasteiger partial charge in [0.1, 0.15) is 28.4 Å². The molecule has 3 heterocycles. The van der Waals surface area contributed by atoms with Gasteiger partial charge in [0.05, 0.1) is 5.52 Å². The summed E-state index contributed by atoms with van der Waals surface area (Å²) in [6, 6.07) is 7.84. The van der Waals surface area contributed by atoms with E-state index in [9.17, 15) is 9.90 Å². The lowest BCUT2D eigenvalue weighted by Gasteiger charge is -2.44. The number of hydrogen-bond acceptors (Lipinski definition) is 6. The molecule has 6 rings (SSSR count). The van der Waals surface area contributed by atoms with Gasteiger partial charge in [0, 0.05) is 32.1 Å². The van der Waals surface area contributed by atoms with Crippen LogP contribution in [0.15, 0.2) is 29.1 Å². The fourth-order valence-corrected chi connectivity index (χ4v) is 5.52. The van der Waals surface area contributed by atoms with Crippen LogP contribution >= 0.6 is 0 Å². The van der Waals surface area contributed by atoms with Crippen LogP contribution in [-0.2, 0) is 7.05 Å². The summed E-state index contributed by atoms with van der Waals surface area (Å²) in [5, 5.41) is 22.5. The number of fused-ring (bicyclic) bond motifs is 1. The van der Waals surface area contributed by atoms with E-state index in [4.69, 9.17) is 4.74 Å². The van der Waals surface area contributed by atoms with Crippen LogP contribution < -0.4 is 15.2 Å². The number of rotatable bonds is 5. The first-order valence-corrected chi connectivity index (χ1v) is 11.5. The maximum Gasteiger partial charge on any atom is 0.290 e. The number of hydrogen-bond donors (Lipinski definition) is 2. The third-order valence-corrected chi connectivity index (χ3v) is 7.62. The van der Waals surface area contributed by atoms with E-state index in [-0.39, 0.29) is 23.2 Å². The average molecular weight is 436 g/mol. The molecule has 2 aliphatic carbocycles. The Balaban J connectivity index is 1.35. The summed E-state index contributed by atoms with van der Waals surface area (Å²) in [7, 11) is 1.70. The van der Waals surface area contributed by atoms with Gasteiger partial charge in [-0.05, 0) is 74.6 Å². The van der Waals surface area contributed by atoms with Gasteiger partial charge in [-0.15, -0.1) is 0 Å². The monoisotopic (exact) mass is 435 g/mol. The van der Waals surface area contributed by atoms with Crippen LogP contribution in [-0.4, -0.2) is 50.4 Å². The number of aliphatic hydroxyl groups excluding tert-OH is 1. The van der Waals surface area contributed by atoms with Crippen molar-refractivity contribution in [2.24, 2.45) is 18.4 Å². The second kappa shape index (κ2) is 6.81. The van der Waals surface area contributed by atoms with E-state index >= 15 is 0 Å². The Hall–Kier alpha value is -2.87. The molecule has 3 aromatic rings. The van der Waals surface area contributed by atoms with E-state index in [1.165, 1.54) is 4.68 Å². The van der Waals surface area contributed by atoms with Crippen LogP contribution in [0.2, 0.25) is 0 Å². The smallest absolute Gasteiger partial charge is 0.290 e. The highest BCUT2D eigenvalue weighted by atomic mass is 16.5. The zero-order chi connectivity index (χ0) is 22.1. The topological polar surface area (TPSA) is 96.3 Å². The van der Waals surface area contributed by atoms with Crippen LogP contribution in [0.4, 0.5) is 5.69 Å². The molecular formula is C24H29N5O3. The quantitative estimate of drug-likeness (QED) is 0.640. The molecule has 8 nitrogen and oxygen atoms in total. The van der Waals surface area contributed by atoms with Crippen molar-refractivity contribution in [3.05, 3.63) is 34.6 Å². The van der Waals surface area contributed by atoms with Gasteiger partial charge in [-0.3, -0.25) is 9.89 Å². The van der Waals surface area contributed by atoms with Crippen LogP contribution in [0.25, 0.3) is 22.3 Å². The first-order valence-electron chi connectivity index (χ1n) is 11.5. The van der Waals surface area contributed by atoms with Crippen LogP contribution in [0.1, 0.15) is 39.0 Å². The molecule has 0 bridgehead atoms. The average Bonchev–Trinajstić information content (AvgIpc) is 3.15. The first-order chi connectivity index (χ1) is 15.4. The number of benzene rings is 1. The lowest BCUT2D eigenvalue weighted by Crippen LogP contribution is -2.42. The van der Waals surface area contributed by atoms with Crippen LogP contribution in [0.5, 0.6) is 5.75 Å². The predicted octanol–water partition coefficient (Wildman–Crippen LogP) is 2.85. The standard InChI is InChI=1S/C24H29N5O3/c1-23(5-6-23)32-16-3-4-18-17(9-16)21(26-25-18)19-10-20(22(31)28(2)27-19)29-8-7-24(14-29)11-15(12-24)13-30/h3-4,9-10,15,30H,5-8,11-14H2,1-2H3,(H,25,26). The SMILES string of the molecule is Cn1nc(-c2n[nH]c3ccc(OC4(C)CC4)cc23)cc(N2CCC3(CC(CO)C3)C2)c1=O. The van der Waals surface area contributed by atoms with Gasteiger partial charge in [-0.25, -0.2) is 4.68 Å². The number of H-pyrrole nitrogens is 1. The maximum atomic E-state index is 13.0. The molecule has 3 fully saturated rings. The summed E-state index contributed by atoms with van der Waals surface area (Å²) in [4.78, 5) is 15.2. The third-order valence-electron chi connectivity index (χ3n) is 7.62. The van der Waals surface area contributed by atoms with Gasteiger partial charge in [0.25, 0.3) is 5.56 Å². The molecular weight excluding hydrogens is 406 g/mol. The Morgan fingerprint density at radius 2 is 2.06 bits per heavy atom. The summed E-state index contributed by atoms with van der Waals surface area (Å²) in [6.07, 6.45) is 5.31. The second-order valence-electron chi connectivity index (χ2n) is 10.3. The van der Waals surface area contributed by atoms with Crippen molar-refractivity contribution in [1.82, 2.24) is 20.0 Å². The first kappa shape index (κ1) is 19.8. The highest BCUT2D eigenvalue weighted by Crippen LogP contribution is 2.52. The van der Waals surface area contributed by atoms with E-state index in [1.54, 1.807) is 7.05 Å². The molecule has 2 aromatic heterocycles. The molecule has 1 saturated heterocycles. The number of aromatic nitrogens is 4. The number of ether oxygens (including phenoxy) is 1. The summed E-state index contributed by atoms with van der Waals surface area (Å²) in [5.41, 5.74) is 3.08. The summed E-state index contributed by atoms with van der Waals surface area (Å²) in [5.74, 6) is 1.24. The van der Waals surface area contributed by atoms with E-state index in [0.29, 0.717) is 17.3 Å². The minimum absolute atomic E-state index is 0.0537. The Morgan fingerprint density at radius 1 is 1.25 bits per heavy atom. The molecule has 3 aliphatic rings. The van der Waals surface area contributed by atoms with Gasteiger partial charge in [0.2, 0.25) is 0 Å². The molecule has 1 aliphatic heterocycles. The summed E-state index contributed by atoms with van der Waals surface area (Å²) in [6.45, 7) is 4.11. The Morgan fingerprint density at radius 3 is 2.81 bits per heavy atom. The molecule has 1 spiro atoms. The normalized spacial score (nSPS) is 26.0. The number of aliphatic hydroxyl groups is 1. The number of aromatic amines is 1. The van der Waals surface area contributed by atoms with Crippen molar-refractivity contribution >= 4 is 16.6 Å². The summed E-state index contributed by atoms with van der Waals surface area (Å²) < 4.78 is 7.56. The molecule has 1 aromatic carbocycles. The fourth-order valence-electron chi connectivity index (χ4n) is 5.52. The lowest BCUT2D eigenvalue weighted by atomic mass is 9.62. The van der Waals surface area contributed by atoms with E-state index in [2.05, 4.69) is 27.1 Å². The van der Waals surface area contributed by atoms with E-state index < -0.39 is 0 Å². The number of aryl methyl sites for hydroxylation is 1. The zero-order valence-corrected chi connectivity index (χ0v) is 18.6. The molecule has 0 radical (unpaired) electrons. The minimum atomic E-state index is -0.0886. The highest BCUT2D eigenvalue weighted by Gasteiger charge is 2.48. The molecule has 0 atom stereocenters. The fraction of sp³-hybridized carbons (Fsp3) is 0.542. The van der Waals surface area contributed by atoms with Gasteiger partial charge < -0.3 is 14.7 Å². The van der Waals surface area contributed by atoms with Crippen LogP contribution in [0.3, 0.4) is 0 Å². The molecule has 0 unspecified atom stereocenters. The van der Waals surface area contributed by atoms with Crippen molar-refractivity contribution in [3.63, 3.8) is 0 Å². The molecule has 8 heteroatoms. The Bertz CT molecular complexity index is 1250. The van der Waals surface area contributed by atoms with Gasteiger partial charge in [0.15, 0.2) is 0 Å². The molecule has 2 saturated carbocycles. The van der Waals surface area contributed by atoms with Gasteiger partial charge in [-0.1, -0.05) is 0 Å². The maximum absolute atomic E-state index is 13.0. The van der Waals surface area contributed by atoms with Gasteiger partial charge >= 0.3 is 0 Å². The van der Waals surface area contributed by atoms with Crippen molar-refractivity contribution in [2.75, 3.05) is 24.6 Å². The van der Waals surface area contributed by atoms with E-state index in [1.807, 2.05) is 24.3 Å². The number of nitrogens with one attached hydrogen (secondary N) is 1. The predicted molar refractivity (Wildman–Crippen MR) is 122 cm³/mol. The molecule has 2 N–H and O–H groups in total. The molecule has 168 valence electrons. The zero-order valence-electron chi connectivity index (χ0n) is 18.6. The van der Waals surface area contributed by atoms with Crippen molar-refractivity contribution in [3.8, 4) is 17.1 Å². The molecule has 32 heavy (non-hydrogen) atoms. The van der Waals surface area contributed by atoms with Crippen molar-refractivity contribution in [1.29, 1.82) is 0 Å². The van der Waals surface area contributed by atoms with E-state index in [0.717, 1.165) is 67.5 Å². The largest absolute Gasteiger partial charge is 0.488 e. The molecule has 0 amide bonds. The van der Waals surface area contributed by atoms with Crippen LogP contribution in [0, 0.1) is 11.3 Å². The number of nitrogens with zero attached hydrogens (tertiary/aromatic N) is 4. The lowest BCUT2D eigenvalue weighted by molar-refractivity contribution is 0.0341. The highest BCUT2D eigenvalue weighted by molar-refractivity contribution is 5.93. The second-order valence-corrected chi connectivity index (χ2v) is 10.3. The Labute approximate surface area is 186 Å². The van der Waals surface area contributed by atoms with Gasteiger partial charge in [-0.2, -0.15) is 10.2 Å². The third kappa shape index (κ3) is 3.20. The number of anilines is 1. The Kier molecular flexibility index (Phi) is 4.21.